The van der Waals surface area contributed by atoms with Crippen LogP contribution in [0.5, 0.6) is 0 Å². The summed E-state index contributed by atoms with van der Waals surface area (Å²) < 4.78 is 10.2. The van der Waals surface area contributed by atoms with E-state index in [2.05, 4.69) is 16.3 Å². The van der Waals surface area contributed by atoms with Gasteiger partial charge in [-0.3, -0.25) is 0 Å². The number of hydrogen-bond donors (Lipinski definition) is 1. The van der Waals surface area contributed by atoms with Crippen LogP contribution in [0.3, 0.4) is 0 Å². The first kappa shape index (κ1) is 19.2. The number of nitrogens with one attached hydrogen (secondary N) is 1. The largest absolute Gasteiger partial charge is 0.465 e. The molecule has 0 unspecified atom stereocenters. The molecule has 2 amide bonds. The number of thiophene rings is 1. The van der Waals surface area contributed by atoms with E-state index in [1.165, 1.54) is 18.4 Å². The summed E-state index contributed by atoms with van der Waals surface area (Å²) in [7, 11) is 3.05. The molecule has 0 atom stereocenters. The maximum absolute atomic E-state index is 12.6. The highest BCUT2D eigenvalue weighted by atomic mass is 32.1. The molecule has 8 heteroatoms. The molecule has 0 bridgehead atoms. The second-order valence-corrected chi connectivity index (χ2v) is 7.09. The Labute approximate surface area is 162 Å². The second-order valence-electron chi connectivity index (χ2n) is 6.17. The van der Waals surface area contributed by atoms with Gasteiger partial charge in [0, 0.05) is 32.4 Å². The van der Waals surface area contributed by atoms with Crippen molar-refractivity contribution in [3.05, 3.63) is 46.2 Å². The molecular formula is C19H23N3O4S. The number of urea groups is 1. The predicted octanol–water partition coefficient (Wildman–Crippen LogP) is 3.04. The van der Waals surface area contributed by atoms with Gasteiger partial charge in [-0.25, -0.2) is 9.59 Å². The molecule has 0 radical (unpaired) electrons. The average Bonchev–Trinajstić information content (AvgIpc) is 3.16. The molecule has 1 fully saturated rings. The molecule has 27 heavy (non-hydrogen) atoms. The number of morpholine rings is 1. The van der Waals surface area contributed by atoms with Crippen molar-refractivity contribution in [1.82, 2.24) is 4.90 Å². The number of anilines is 2. The van der Waals surface area contributed by atoms with Crippen LogP contribution in [0.1, 0.15) is 15.2 Å². The molecule has 0 spiro atoms. The standard InChI is InChI=1S/C19H23N3O4S/c1-21(19(24)20-15-7-12-27-17(15)18(23)25-2)13-14-5-3-4-6-16(14)22-8-10-26-11-9-22/h3-7,12H,8-11,13H2,1-2H3,(H,20,24). The molecule has 7 nitrogen and oxygen atoms in total. The average molecular weight is 389 g/mol. The summed E-state index contributed by atoms with van der Waals surface area (Å²) in [5.41, 5.74) is 2.65. The number of hydrogen-bond acceptors (Lipinski definition) is 6. The second kappa shape index (κ2) is 8.88. The quantitative estimate of drug-likeness (QED) is 0.796. The summed E-state index contributed by atoms with van der Waals surface area (Å²) >= 11 is 1.23. The zero-order valence-electron chi connectivity index (χ0n) is 15.4. The summed E-state index contributed by atoms with van der Waals surface area (Å²) in [6.07, 6.45) is 0. The maximum atomic E-state index is 12.6. The summed E-state index contributed by atoms with van der Waals surface area (Å²) in [5.74, 6) is -0.458. The summed E-state index contributed by atoms with van der Waals surface area (Å²) in [5, 5.41) is 4.53. The van der Waals surface area contributed by atoms with Crippen molar-refractivity contribution in [2.45, 2.75) is 6.54 Å². The molecule has 1 N–H and O–H groups in total. The molecule has 1 aliphatic rings. The number of carbonyl (C=O) groups is 2. The van der Waals surface area contributed by atoms with Crippen LogP contribution in [-0.4, -0.2) is 57.4 Å². The SMILES string of the molecule is COC(=O)c1sccc1NC(=O)N(C)Cc1ccccc1N1CCOCC1. The van der Waals surface area contributed by atoms with Crippen molar-refractivity contribution < 1.29 is 19.1 Å². The van der Waals surface area contributed by atoms with Crippen LogP contribution < -0.4 is 10.2 Å². The van der Waals surface area contributed by atoms with Crippen LogP contribution in [0.4, 0.5) is 16.2 Å². The zero-order chi connectivity index (χ0) is 19.2. The Bertz CT molecular complexity index is 802. The third kappa shape index (κ3) is 4.58. The number of methoxy groups -OCH3 is 1. The Morgan fingerprint density at radius 2 is 2.00 bits per heavy atom. The number of benzene rings is 1. The molecule has 0 aliphatic carbocycles. The van der Waals surface area contributed by atoms with E-state index in [1.807, 2.05) is 18.2 Å². The van der Waals surface area contributed by atoms with E-state index in [0.29, 0.717) is 30.3 Å². The zero-order valence-corrected chi connectivity index (χ0v) is 16.3. The van der Waals surface area contributed by atoms with Gasteiger partial charge in [0.15, 0.2) is 0 Å². The first-order valence-corrected chi connectivity index (χ1v) is 9.56. The lowest BCUT2D eigenvalue weighted by atomic mass is 10.1. The van der Waals surface area contributed by atoms with E-state index in [9.17, 15) is 9.59 Å². The van der Waals surface area contributed by atoms with Crippen molar-refractivity contribution in [3.8, 4) is 0 Å². The minimum atomic E-state index is -0.458. The van der Waals surface area contributed by atoms with Crippen LogP contribution in [0.25, 0.3) is 0 Å². The maximum Gasteiger partial charge on any atom is 0.350 e. The number of esters is 1. The van der Waals surface area contributed by atoms with E-state index >= 15 is 0 Å². The van der Waals surface area contributed by atoms with Gasteiger partial charge < -0.3 is 24.6 Å². The highest BCUT2D eigenvalue weighted by molar-refractivity contribution is 7.12. The highest BCUT2D eigenvalue weighted by Gasteiger charge is 2.19. The summed E-state index contributed by atoms with van der Waals surface area (Å²) in [6, 6.07) is 9.49. The Morgan fingerprint density at radius 1 is 1.26 bits per heavy atom. The first-order chi connectivity index (χ1) is 13.1. The van der Waals surface area contributed by atoms with Gasteiger partial charge in [0.25, 0.3) is 0 Å². The number of amides is 2. The minimum absolute atomic E-state index is 0.282. The minimum Gasteiger partial charge on any atom is -0.465 e. The van der Waals surface area contributed by atoms with Gasteiger partial charge in [0.1, 0.15) is 4.88 Å². The predicted molar refractivity (Wildman–Crippen MR) is 106 cm³/mol. The van der Waals surface area contributed by atoms with E-state index in [4.69, 9.17) is 9.47 Å². The smallest absolute Gasteiger partial charge is 0.350 e. The van der Waals surface area contributed by atoms with Gasteiger partial charge >= 0.3 is 12.0 Å². The Hall–Kier alpha value is -2.58. The Balaban J connectivity index is 1.69. The summed E-state index contributed by atoms with van der Waals surface area (Å²) in [4.78, 5) is 28.6. The third-order valence-electron chi connectivity index (χ3n) is 4.38. The normalized spacial score (nSPS) is 13.9. The topological polar surface area (TPSA) is 71.1 Å². The number of rotatable bonds is 5. The molecular weight excluding hydrogens is 366 g/mol. The monoisotopic (exact) mass is 389 g/mol. The molecule has 1 aromatic carbocycles. The lowest BCUT2D eigenvalue weighted by Crippen LogP contribution is -2.37. The van der Waals surface area contributed by atoms with E-state index in [1.54, 1.807) is 23.4 Å². The van der Waals surface area contributed by atoms with Gasteiger partial charge in [-0.05, 0) is 23.1 Å². The van der Waals surface area contributed by atoms with Crippen molar-refractivity contribution in [1.29, 1.82) is 0 Å². The van der Waals surface area contributed by atoms with E-state index in [-0.39, 0.29) is 6.03 Å². The van der Waals surface area contributed by atoms with Crippen molar-refractivity contribution in [2.75, 3.05) is 50.7 Å². The molecule has 1 saturated heterocycles. The van der Waals surface area contributed by atoms with Crippen LogP contribution >= 0.6 is 11.3 Å². The van der Waals surface area contributed by atoms with Gasteiger partial charge in [-0.1, -0.05) is 18.2 Å². The number of ether oxygens (including phenoxy) is 2. The van der Waals surface area contributed by atoms with Crippen LogP contribution in [0.2, 0.25) is 0 Å². The van der Waals surface area contributed by atoms with Crippen LogP contribution in [-0.2, 0) is 16.0 Å². The highest BCUT2D eigenvalue weighted by Crippen LogP contribution is 2.25. The molecule has 144 valence electrons. The molecule has 2 aromatic rings. The van der Waals surface area contributed by atoms with Gasteiger partial charge in [-0.2, -0.15) is 0 Å². The molecule has 1 aromatic heterocycles. The number of para-hydroxylation sites is 1. The van der Waals surface area contributed by atoms with Gasteiger partial charge in [0.05, 0.1) is 26.0 Å². The lowest BCUT2D eigenvalue weighted by molar-refractivity contribution is 0.0607. The Morgan fingerprint density at radius 3 is 2.74 bits per heavy atom. The van der Waals surface area contributed by atoms with E-state index in [0.717, 1.165) is 24.3 Å². The van der Waals surface area contributed by atoms with Crippen molar-refractivity contribution >= 4 is 34.7 Å². The van der Waals surface area contributed by atoms with Crippen LogP contribution in [0, 0.1) is 0 Å². The van der Waals surface area contributed by atoms with Crippen LogP contribution in [0.15, 0.2) is 35.7 Å². The fraction of sp³-hybridized carbons (Fsp3) is 0.368. The number of carbonyl (C=O) groups excluding carboxylic acids is 2. The molecule has 2 heterocycles. The van der Waals surface area contributed by atoms with Crippen molar-refractivity contribution in [2.24, 2.45) is 0 Å². The van der Waals surface area contributed by atoms with Crippen molar-refractivity contribution in [3.63, 3.8) is 0 Å². The molecule has 1 aliphatic heterocycles. The molecule has 3 rings (SSSR count). The summed E-state index contributed by atoms with van der Waals surface area (Å²) in [6.45, 7) is 3.55. The number of nitrogens with zero attached hydrogens (tertiary/aromatic N) is 2. The fourth-order valence-electron chi connectivity index (χ4n) is 2.95. The fourth-order valence-corrected chi connectivity index (χ4v) is 3.72. The third-order valence-corrected chi connectivity index (χ3v) is 5.27. The Kier molecular flexibility index (Phi) is 6.31. The lowest BCUT2D eigenvalue weighted by Gasteiger charge is -2.31. The first-order valence-electron chi connectivity index (χ1n) is 8.68. The van der Waals surface area contributed by atoms with E-state index < -0.39 is 5.97 Å². The molecule has 0 saturated carbocycles. The van der Waals surface area contributed by atoms with Gasteiger partial charge in [-0.15, -0.1) is 11.3 Å². The van der Waals surface area contributed by atoms with Gasteiger partial charge in [0.2, 0.25) is 0 Å².